The zero-order chi connectivity index (χ0) is 8.69. The minimum absolute atomic E-state index is 0.213. The molecular weight excluding hydrogens is 146 g/mol. The summed E-state index contributed by atoms with van der Waals surface area (Å²) in [6, 6.07) is 0. The molecule has 0 rings (SSSR count). The number of hydrogen-bond donors (Lipinski definition) is 3. The number of nitrogens with one attached hydrogen (secondary N) is 1. The largest absolute Gasteiger partial charge is 0.370 e. The van der Waals surface area contributed by atoms with Gasteiger partial charge in [0.1, 0.15) is 0 Å². The maximum atomic E-state index is 10.5. The van der Waals surface area contributed by atoms with Crippen molar-refractivity contribution < 1.29 is 9.59 Å². The first-order valence-electron chi connectivity index (χ1n) is 3.44. The van der Waals surface area contributed by atoms with Crippen LogP contribution in [0.15, 0.2) is 0 Å². The van der Waals surface area contributed by atoms with Gasteiger partial charge in [0.15, 0.2) is 0 Å². The van der Waals surface area contributed by atoms with Crippen LogP contribution in [0.4, 0.5) is 0 Å². The molecule has 0 radical (unpaired) electrons. The van der Waals surface area contributed by atoms with Gasteiger partial charge in [-0.3, -0.25) is 15.0 Å². The van der Waals surface area contributed by atoms with E-state index in [9.17, 15) is 9.59 Å². The monoisotopic (exact) mass is 159 g/mol. The molecule has 0 unspecified atom stereocenters. The van der Waals surface area contributed by atoms with Gasteiger partial charge in [-0.15, -0.1) is 0 Å². The molecule has 0 fully saturated rings. The Kier molecular flexibility index (Phi) is 5.10. The Labute approximate surface area is 65.1 Å². The number of hydrazine groups is 1. The SMILES string of the molecule is NNC(=O)CCCCC(N)=O. The van der Waals surface area contributed by atoms with E-state index in [1.807, 2.05) is 5.43 Å². The molecule has 5 nitrogen and oxygen atoms in total. The Morgan fingerprint density at radius 2 is 1.73 bits per heavy atom. The Morgan fingerprint density at radius 3 is 2.18 bits per heavy atom. The van der Waals surface area contributed by atoms with E-state index in [1.165, 1.54) is 0 Å². The molecule has 0 aliphatic rings. The minimum atomic E-state index is -0.335. The number of carbonyl (C=O) groups is 2. The number of nitrogens with two attached hydrogens (primary N) is 2. The van der Waals surface area contributed by atoms with Gasteiger partial charge in [0.2, 0.25) is 11.8 Å². The summed E-state index contributed by atoms with van der Waals surface area (Å²) < 4.78 is 0. The second kappa shape index (κ2) is 5.67. The second-order valence-electron chi connectivity index (χ2n) is 2.24. The topological polar surface area (TPSA) is 98.2 Å². The van der Waals surface area contributed by atoms with Gasteiger partial charge in [-0.2, -0.15) is 0 Å². The molecule has 0 aromatic heterocycles. The van der Waals surface area contributed by atoms with E-state index in [0.717, 1.165) is 0 Å². The summed E-state index contributed by atoms with van der Waals surface area (Å²) in [7, 11) is 0. The van der Waals surface area contributed by atoms with Crippen LogP contribution in [0, 0.1) is 0 Å². The first kappa shape index (κ1) is 9.90. The molecule has 5 heteroatoms. The fourth-order valence-corrected chi connectivity index (χ4v) is 0.657. The lowest BCUT2D eigenvalue weighted by Gasteiger charge is -1.97. The second-order valence-corrected chi connectivity index (χ2v) is 2.24. The molecule has 0 aromatic rings. The molecule has 2 amide bonds. The third-order valence-corrected chi connectivity index (χ3v) is 1.24. The van der Waals surface area contributed by atoms with Crippen molar-refractivity contribution in [2.45, 2.75) is 25.7 Å². The number of unbranched alkanes of at least 4 members (excludes halogenated alkanes) is 1. The van der Waals surface area contributed by atoms with Crippen LogP contribution in [0.2, 0.25) is 0 Å². The Balaban J connectivity index is 3.14. The van der Waals surface area contributed by atoms with Crippen molar-refractivity contribution in [3.63, 3.8) is 0 Å². The molecule has 0 aromatic carbocycles. The summed E-state index contributed by atoms with van der Waals surface area (Å²) in [4.78, 5) is 20.7. The van der Waals surface area contributed by atoms with Crippen LogP contribution >= 0.6 is 0 Å². The van der Waals surface area contributed by atoms with Crippen molar-refractivity contribution in [2.24, 2.45) is 11.6 Å². The van der Waals surface area contributed by atoms with E-state index in [1.54, 1.807) is 0 Å². The Bertz CT molecular complexity index is 147. The molecule has 0 aliphatic carbocycles. The smallest absolute Gasteiger partial charge is 0.233 e. The minimum Gasteiger partial charge on any atom is -0.370 e. The fraction of sp³-hybridized carbons (Fsp3) is 0.667. The molecule has 0 heterocycles. The van der Waals surface area contributed by atoms with Gasteiger partial charge in [-0.25, -0.2) is 5.84 Å². The highest BCUT2D eigenvalue weighted by molar-refractivity contribution is 5.75. The molecule has 0 saturated carbocycles. The maximum Gasteiger partial charge on any atom is 0.233 e. The summed E-state index contributed by atoms with van der Waals surface area (Å²) >= 11 is 0. The van der Waals surface area contributed by atoms with Crippen molar-refractivity contribution in [1.82, 2.24) is 5.43 Å². The van der Waals surface area contributed by atoms with E-state index >= 15 is 0 Å². The highest BCUT2D eigenvalue weighted by atomic mass is 16.2. The van der Waals surface area contributed by atoms with Crippen molar-refractivity contribution in [1.29, 1.82) is 0 Å². The standard InChI is InChI=1S/C6H13N3O2/c7-5(10)3-1-2-4-6(11)9-8/h1-4,8H2,(H2,7,10)(H,9,11). The summed E-state index contributed by atoms with van der Waals surface area (Å²) in [5, 5.41) is 0. The van der Waals surface area contributed by atoms with Crippen molar-refractivity contribution in [2.75, 3.05) is 0 Å². The number of amides is 2. The van der Waals surface area contributed by atoms with Crippen LogP contribution < -0.4 is 17.0 Å². The summed E-state index contributed by atoms with van der Waals surface area (Å²) in [6.07, 6.45) is 1.97. The van der Waals surface area contributed by atoms with Crippen molar-refractivity contribution in [3.8, 4) is 0 Å². The molecule has 11 heavy (non-hydrogen) atoms. The molecular formula is C6H13N3O2. The zero-order valence-corrected chi connectivity index (χ0v) is 6.30. The molecule has 0 saturated heterocycles. The van der Waals surface area contributed by atoms with E-state index in [-0.39, 0.29) is 11.8 Å². The maximum absolute atomic E-state index is 10.5. The summed E-state index contributed by atoms with van der Waals surface area (Å²) in [6.45, 7) is 0. The fourth-order valence-electron chi connectivity index (χ4n) is 0.657. The van der Waals surface area contributed by atoms with Crippen molar-refractivity contribution in [3.05, 3.63) is 0 Å². The lowest BCUT2D eigenvalue weighted by atomic mass is 10.2. The van der Waals surface area contributed by atoms with Crippen molar-refractivity contribution >= 4 is 11.8 Å². The Hall–Kier alpha value is -1.10. The van der Waals surface area contributed by atoms with Crippen LogP contribution in [0.3, 0.4) is 0 Å². The molecule has 0 bridgehead atoms. The van der Waals surface area contributed by atoms with Crippen LogP contribution in [0.1, 0.15) is 25.7 Å². The van der Waals surface area contributed by atoms with E-state index in [0.29, 0.717) is 25.7 Å². The van der Waals surface area contributed by atoms with E-state index in [2.05, 4.69) is 0 Å². The molecule has 0 aliphatic heterocycles. The van der Waals surface area contributed by atoms with Crippen LogP contribution in [0.5, 0.6) is 0 Å². The van der Waals surface area contributed by atoms with Crippen LogP contribution in [-0.4, -0.2) is 11.8 Å². The van der Waals surface area contributed by atoms with Gasteiger partial charge < -0.3 is 5.73 Å². The van der Waals surface area contributed by atoms with Crippen LogP contribution in [-0.2, 0) is 9.59 Å². The van der Waals surface area contributed by atoms with E-state index in [4.69, 9.17) is 11.6 Å². The lowest BCUT2D eigenvalue weighted by Crippen LogP contribution is -2.29. The highest BCUT2D eigenvalue weighted by Crippen LogP contribution is 1.97. The predicted molar refractivity (Wildman–Crippen MR) is 40.0 cm³/mol. The van der Waals surface area contributed by atoms with E-state index < -0.39 is 0 Å². The van der Waals surface area contributed by atoms with Gasteiger partial charge in [-0.05, 0) is 12.8 Å². The lowest BCUT2D eigenvalue weighted by molar-refractivity contribution is -0.122. The molecule has 0 atom stereocenters. The van der Waals surface area contributed by atoms with Gasteiger partial charge in [0.25, 0.3) is 0 Å². The molecule has 0 spiro atoms. The third-order valence-electron chi connectivity index (χ3n) is 1.24. The number of rotatable bonds is 5. The molecule has 5 N–H and O–H groups in total. The third kappa shape index (κ3) is 6.79. The predicted octanol–water partition coefficient (Wildman–Crippen LogP) is -0.978. The molecule has 64 valence electrons. The highest BCUT2D eigenvalue weighted by Gasteiger charge is 1.98. The average molecular weight is 159 g/mol. The zero-order valence-electron chi connectivity index (χ0n) is 6.30. The van der Waals surface area contributed by atoms with Gasteiger partial charge in [-0.1, -0.05) is 0 Å². The summed E-state index contributed by atoms with van der Waals surface area (Å²) in [5.41, 5.74) is 6.88. The summed E-state index contributed by atoms with van der Waals surface area (Å²) in [5.74, 6) is 4.27. The quantitative estimate of drug-likeness (QED) is 0.208. The normalized spacial score (nSPS) is 9.18. The average Bonchev–Trinajstić information content (AvgIpc) is 1.97. The first-order valence-corrected chi connectivity index (χ1v) is 3.44. The first-order chi connectivity index (χ1) is 5.16. The number of hydrogen-bond acceptors (Lipinski definition) is 3. The van der Waals surface area contributed by atoms with Gasteiger partial charge >= 0.3 is 0 Å². The van der Waals surface area contributed by atoms with Gasteiger partial charge in [0.05, 0.1) is 0 Å². The number of primary amides is 1. The number of carbonyl (C=O) groups excluding carboxylic acids is 2. The Morgan fingerprint density at radius 1 is 1.18 bits per heavy atom. The van der Waals surface area contributed by atoms with Gasteiger partial charge in [0, 0.05) is 12.8 Å². The van der Waals surface area contributed by atoms with Crippen LogP contribution in [0.25, 0.3) is 0 Å².